The summed E-state index contributed by atoms with van der Waals surface area (Å²) in [5.74, 6) is -0.169. The summed E-state index contributed by atoms with van der Waals surface area (Å²) in [4.78, 5) is 14.3. The van der Waals surface area contributed by atoms with E-state index < -0.39 is 5.97 Å². The minimum absolute atomic E-state index is 0.261. The second-order valence-electron chi connectivity index (χ2n) is 4.55. The SMILES string of the molecule is COc1cccc2c(-c3ccc(C(=O)O)n3C)c[nH]c12. The highest BCUT2D eigenvalue weighted by Crippen LogP contribution is 2.33. The first-order valence-electron chi connectivity index (χ1n) is 6.17. The monoisotopic (exact) mass is 270 g/mol. The highest BCUT2D eigenvalue weighted by Gasteiger charge is 2.16. The smallest absolute Gasteiger partial charge is 0.352 e. The summed E-state index contributed by atoms with van der Waals surface area (Å²) in [5.41, 5.74) is 2.97. The van der Waals surface area contributed by atoms with Crippen molar-refractivity contribution in [2.45, 2.75) is 0 Å². The molecule has 5 heteroatoms. The van der Waals surface area contributed by atoms with Gasteiger partial charge in [0, 0.05) is 24.2 Å². The number of carbonyl (C=O) groups is 1. The van der Waals surface area contributed by atoms with Crippen molar-refractivity contribution < 1.29 is 14.6 Å². The van der Waals surface area contributed by atoms with E-state index in [0.29, 0.717) is 0 Å². The number of H-pyrrole nitrogens is 1. The summed E-state index contributed by atoms with van der Waals surface area (Å²) in [6, 6.07) is 9.20. The average molecular weight is 270 g/mol. The number of aromatic amines is 1. The third kappa shape index (κ3) is 1.67. The molecule has 1 aromatic carbocycles. The summed E-state index contributed by atoms with van der Waals surface area (Å²) in [5, 5.41) is 10.1. The lowest BCUT2D eigenvalue weighted by atomic mass is 10.1. The zero-order valence-corrected chi connectivity index (χ0v) is 11.2. The molecular weight excluding hydrogens is 256 g/mol. The van der Waals surface area contributed by atoms with Gasteiger partial charge in [-0.25, -0.2) is 4.79 Å². The largest absolute Gasteiger partial charge is 0.495 e. The van der Waals surface area contributed by atoms with Crippen molar-refractivity contribution in [3.63, 3.8) is 0 Å². The number of nitrogens with zero attached hydrogens (tertiary/aromatic N) is 1. The first-order valence-corrected chi connectivity index (χ1v) is 6.17. The number of carboxylic acids is 1. The molecule has 3 aromatic rings. The molecule has 2 N–H and O–H groups in total. The van der Waals surface area contributed by atoms with E-state index in [0.717, 1.165) is 27.9 Å². The topological polar surface area (TPSA) is 67.2 Å². The fraction of sp³-hybridized carbons (Fsp3) is 0.133. The predicted molar refractivity (Wildman–Crippen MR) is 76.2 cm³/mol. The number of nitrogens with one attached hydrogen (secondary N) is 1. The molecule has 0 aliphatic rings. The third-order valence-electron chi connectivity index (χ3n) is 3.51. The van der Waals surface area contributed by atoms with Gasteiger partial charge in [-0.1, -0.05) is 12.1 Å². The summed E-state index contributed by atoms with van der Waals surface area (Å²) in [6.45, 7) is 0. The molecule has 3 rings (SSSR count). The van der Waals surface area contributed by atoms with E-state index in [9.17, 15) is 4.79 Å². The second-order valence-corrected chi connectivity index (χ2v) is 4.55. The van der Waals surface area contributed by atoms with Gasteiger partial charge in [0.15, 0.2) is 0 Å². The number of rotatable bonds is 3. The van der Waals surface area contributed by atoms with Crippen LogP contribution in [0.1, 0.15) is 10.5 Å². The van der Waals surface area contributed by atoms with E-state index in [2.05, 4.69) is 4.98 Å². The highest BCUT2D eigenvalue weighted by molar-refractivity contribution is 5.98. The molecule has 0 radical (unpaired) electrons. The van der Waals surface area contributed by atoms with Crippen LogP contribution >= 0.6 is 0 Å². The van der Waals surface area contributed by atoms with E-state index in [1.807, 2.05) is 30.5 Å². The Labute approximate surface area is 115 Å². The fourth-order valence-corrected chi connectivity index (χ4v) is 2.51. The van der Waals surface area contributed by atoms with Gasteiger partial charge in [0.2, 0.25) is 0 Å². The van der Waals surface area contributed by atoms with Gasteiger partial charge in [0.25, 0.3) is 0 Å². The number of fused-ring (bicyclic) bond motifs is 1. The number of benzene rings is 1. The minimum Gasteiger partial charge on any atom is -0.495 e. The standard InChI is InChI=1S/C15H14N2O3/c1-17-11(6-7-12(17)15(18)19)10-8-16-14-9(10)4-3-5-13(14)20-2/h3-8,16H,1-2H3,(H,18,19). The van der Waals surface area contributed by atoms with Gasteiger partial charge >= 0.3 is 5.97 Å². The molecule has 0 aliphatic carbocycles. The van der Waals surface area contributed by atoms with E-state index in [1.165, 1.54) is 0 Å². The van der Waals surface area contributed by atoms with Crippen LogP contribution in [0.5, 0.6) is 5.75 Å². The molecule has 0 spiro atoms. The molecule has 0 unspecified atom stereocenters. The molecular formula is C15H14N2O3. The van der Waals surface area contributed by atoms with Crippen LogP contribution in [0.25, 0.3) is 22.2 Å². The maximum atomic E-state index is 11.1. The van der Waals surface area contributed by atoms with Crippen molar-refractivity contribution >= 4 is 16.9 Å². The number of aromatic carboxylic acids is 1. The van der Waals surface area contributed by atoms with Crippen LogP contribution in [-0.2, 0) is 7.05 Å². The van der Waals surface area contributed by atoms with Crippen LogP contribution in [0.3, 0.4) is 0 Å². The van der Waals surface area contributed by atoms with Crippen LogP contribution in [0.4, 0.5) is 0 Å². The molecule has 20 heavy (non-hydrogen) atoms. The fourth-order valence-electron chi connectivity index (χ4n) is 2.51. The minimum atomic E-state index is -0.934. The molecule has 102 valence electrons. The molecule has 0 fully saturated rings. The van der Waals surface area contributed by atoms with Gasteiger partial charge in [0.1, 0.15) is 11.4 Å². The van der Waals surface area contributed by atoms with Gasteiger partial charge < -0.3 is 19.4 Å². The highest BCUT2D eigenvalue weighted by atomic mass is 16.5. The van der Waals surface area contributed by atoms with Gasteiger partial charge in [-0.2, -0.15) is 0 Å². The Kier molecular flexibility index (Phi) is 2.75. The number of hydrogen-bond donors (Lipinski definition) is 2. The maximum Gasteiger partial charge on any atom is 0.352 e. The van der Waals surface area contributed by atoms with E-state index in [1.54, 1.807) is 24.8 Å². The predicted octanol–water partition coefficient (Wildman–Crippen LogP) is 2.88. The van der Waals surface area contributed by atoms with Crippen LogP contribution in [0, 0.1) is 0 Å². The lowest BCUT2D eigenvalue weighted by Crippen LogP contribution is -2.04. The summed E-state index contributed by atoms with van der Waals surface area (Å²) >= 11 is 0. The van der Waals surface area contributed by atoms with Gasteiger partial charge in [-0.3, -0.25) is 0 Å². The number of hydrogen-bond acceptors (Lipinski definition) is 2. The average Bonchev–Trinajstić information content (AvgIpc) is 3.01. The normalized spacial score (nSPS) is 10.9. The quantitative estimate of drug-likeness (QED) is 0.769. The number of ether oxygens (including phenoxy) is 1. The van der Waals surface area contributed by atoms with E-state index in [-0.39, 0.29) is 5.69 Å². The zero-order chi connectivity index (χ0) is 14.3. The van der Waals surface area contributed by atoms with Crippen LogP contribution in [-0.4, -0.2) is 27.7 Å². The molecule has 5 nitrogen and oxygen atoms in total. The van der Waals surface area contributed by atoms with E-state index >= 15 is 0 Å². The summed E-state index contributed by atoms with van der Waals surface area (Å²) in [6.07, 6.45) is 1.87. The van der Waals surface area contributed by atoms with Crippen molar-refractivity contribution in [1.82, 2.24) is 9.55 Å². The van der Waals surface area contributed by atoms with Crippen molar-refractivity contribution in [2.75, 3.05) is 7.11 Å². The van der Waals surface area contributed by atoms with Crippen molar-refractivity contribution in [1.29, 1.82) is 0 Å². The Morgan fingerprint density at radius 3 is 2.75 bits per heavy atom. The molecule has 0 saturated heterocycles. The Hall–Kier alpha value is -2.69. The molecule has 2 aromatic heterocycles. The van der Waals surface area contributed by atoms with Gasteiger partial charge in [-0.15, -0.1) is 0 Å². The second kappa shape index (κ2) is 4.45. The third-order valence-corrected chi connectivity index (χ3v) is 3.51. The van der Waals surface area contributed by atoms with Gasteiger partial charge in [0.05, 0.1) is 18.3 Å². The Morgan fingerprint density at radius 1 is 1.30 bits per heavy atom. The number of para-hydroxylation sites is 1. The van der Waals surface area contributed by atoms with Crippen molar-refractivity contribution in [3.8, 4) is 17.0 Å². The van der Waals surface area contributed by atoms with Crippen molar-refractivity contribution in [3.05, 3.63) is 42.2 Å². The van der Waals surface area contributed by atoms with Crippen LogP contribution < -0.4 is 4.74 Å². The zero-order valence-electron chi connectivity index (χ0n) is 11.2. The number of methoxy groups -OCH3 is 1. The van der Waals surface area contributed by atoms with Gasteiger partial charge in [-0.05, 0) is 18.2 Å². The maximum absolute atomic E-state index is 11.1. The molecule has 2 heterocycles. The Bertz CT molecular complexity index is 799. The molecule has 0 aliphatic heterocycles. The lowest BCUT2D eigenvalue weighted by Gasteiger charge is -2.05. The molecule has 0 bridgehead atoms. The van der Waals surface area contributed by atoms with Crippen molar-refractivity contribution in [2.24, 2.45) is 7.05 Å². The van der Waals surface area contributed by atoms with Crippen LogP contribution in [0.15, 0.2) is 36.5 Å². The first-order chi connectivity index (χ1) is 9.63. The number of carboxylic acid groups (broad SMARTS) is 1. The van der Waals surface area contributed by atoms with E-state index in [4.69, 9.17) is 9.84 Å². The summed E-state index contributed by atoms with van der Waals surface area (Å²) < 4.78 is 6.99. The Morgan fingerprint density at radius 2 is 2.10 bits per heavy atom. The number of aromatic nitrogens is 2. The molecule has 0 amide bonds. The first kappa shape index (κ1) is 12.3. The lowest BCUT2D eigenvalue weighted by molar-refractivity contribution is 0.0687. The Balaban J connectivity index is 2.23. The molecule has 0 atom stereocenters. The summed E-state index contributed by atoms with van der Waals surface area (Å²) in [7, 11) is 3.37. The van der Waals surface area contributed by atoms with Crippen LogP contribution in [0.2, 0.25) is 0 Å². The molecule has 0 saturated carbocycles.